The Balaban J connectivity index is 1.66. The third-order valence-corrected chi connectivity index (χ3v) is 5.37. The fraction of sp³-hybridized carbons (Fsp3) is 0.619. The minimum Gasteiger partial charge on any atom is -0.492 e. The molecule has 0 unspecified atom stereocenters. The number of carbonyl (C=O) groups is 2. The molecule has 1 saturated heterocycles. The minimum atomic E-state index is -0.314. The number of carbonyl (C=O) groups excluding carboxylic acids is 2. The molecule has 1 heterocycles. The van der Waals surface area contributed by atoms with Crippen molar-refractivity contribution in [2.75, 3.05) is 45.9 Å². The summed E-state index contributed by atoms with van der Waals surface area (Å²) >= 11 is 3.57. The highest BCUT2D eigenvalue weighted by Crippen LogP contribution is 2.31. The molecule has 1 fully saturated rings. The van der Waals surface area contributed by atoms with Crippen LogP contribution in [0.2, 0.25) is 0 Å². The van der Waals surface area contributed by atoms with E-state index in [-0.39, 0.29) is 17.5 Å². The molecule has 0 spiro atoms. The molecule has 3 amide bonds. The van der Waals surface area contributed by atoms with E-state index >= 15 is 0 Å². The summed E-state index contributed by atoms with van der Waals surface area (Å²) in [6.07, 6.45) is 0.397. The summed E-state index contributed by atoms with van der Waals surface area (Å²) in [5.74, 6) is 0.805. The highest BCUT2D eigenvalue weighted by Gasteiger charge is 2.24. The van der Waals surface area contributed by atoms with Crippen LogP contribution in [0.5, 0.6) is 5.75 Å². The zero-order valence-corrected chi connectivity index (χ0v) is 19.4. The van der Waals surface area contributed by atoms with Gasteiger partial charge in [0.25, 0.3) is 0 Å². The van der Waals surface area contributed by atoms with Crippen molar-refractivity contribution in [1.82, 2.24) is 15.1 Å². The second-order valence-electron chi connectivity index (χ2n) is 8.00. The van der Waals surface area contributed by atoms with E-state index in [0.29, 0.717) is 52.4 Å². The van der Waals surface area contributed by atoms with Gasteiger partial charge >= 0.3 is 12.1 Å². The van der Waals surface area contributed by atoms with Crippen LogP contribution in [0.4, 0.5) is 9.59 Å². The number of urea groups is 1. The smallest absolute Gasteiger partial charge is 0.409 e. The molecule has 1 aliphatic rings. The first-order valence-electron chi connectivity index (χ1n) is 10.1. The molecule has 0 saturated carbocycles. The topological polar surface area (TPSA) is 71.1 Å². The van der Waals surface area contributed by atoms with Gasteiger partial charge < -0.3 is 24.6 Å². The number of hydrogen-bond donors (Lipinski definition) is 1. The van der Waals surface area contributed by atoms with Crippen LogP contribution in [0.1, 0.15) is 39.7 Å². The Morgan fingerprint density at radius 1 is 1.14 bits per heavy atom. The standard InChI is InChI=1S/C21H32BrN3O4/c1-5-28-20(27)25-12-10-24(11-13-25)19(26)23-9-6-14-29-18-8-7-16(15-17(18)22)21(2,3)4/h7-8,15H,5-6,9-14H2,1-4H3,(H,23,26). The highest BCUT2D eigenvalue weighted by molar-refractivity contribution is 9.10. The predicted octanol–water partition coefficient (Wildman–Crippen LogP) is 4.00. The lowest BCUT2D eigenvalue weighted by Crippen LogP contribution is -2.53. The number of nitrogens with one attached hydrogen (secondary N) is 1. The van der Waals surface area contributed by atoms with Crippen LogP contribution in [0, 0.1) is 0 Å². The van der Waals surface area contributed by atoms with Crippen LogP contribution in [0.25, 0.3) is 0 Å². The number of amides is 3. The quantitative estimate of drug-likeness (QED) is 0.639. The number of rotatable bonds is 6. The third-order valence-electron chi connectivity index (χ3n) is 4.75. The van der Waals surface area contributed by atoms with Crippen LogP contribution < -0.4 is 10.1 Å². The van der Waals surface area contributed by atoms with E-state index in [1.807, 2.05) is 6.07 Å². The molecular formula is C21H32BrN3O4. The lowest BCUT2D eigenvalue weighted by atomic mass is 9.87. The summed E-state index contributed by atoms with van der Waals surface area (Å²) in [4.78, 5) is 27.3. The summed E-state index contributed by atoms with van der Waals surface area (Å²) in [5.41, 5.74) is 1.33. The molecule has 1 aromatic rings. The molecule has 7 nitrogen and oxygen atoms in total. The van der Waals surface area contributed by atoms with E-state index in [2.05, 4.69) is 54.2 Å². The minimum absolute atomic E-state index is 0.0904. The van der Waals surface area contributed by atoms with Gasteiger partial charge in [-0.2, -0.15) is 0 Å². The average Bonchev–Trinajstić information content (AvgIpc) is 2.68. The summed E-state index contributed by atoms with van der Waals surface area (Å²) in [6.45, 7) is 11.7. The van der Waals surface area contributed by atoms with Gasteiger partial charge in [0, 0.05) is 32.7 Å². The van der Waals surface area contributed by atoms with Gasteiger partial charge in [0.15, 0.2) is 0 Å². The van der Waals surface area contributed by atoms with Gasteiger partial charge in [0.2, 0.25) is 0 Å². The van der Waals surface area contributed by atoms with Crippen LogP contribution in [-0.4, -0.2) is 67.9 Å². The fourth-order valence-electron chi connectivity index (χ4n) is 2.95. The zero-order chi connectivity index (χ0) is 21.4. The Kier molecular flexibility index (Phi) is 8.61. The molecule has 0 atom stereocenters. The Bertz CT molecular complexity index is 698. The predicted molar refractivity (Wildman–Crippen MR) is 117 cm³/mol. The second kappa shape index (κ2) is 10.7. The van der Waals surface area contributed by atoms with Crippen LogP contribution in [0.3, 0.4) is 0 Å². The third kappa shape index (κ3) is 7.10. The first kappa shape index (κ1) is 23.3. The molecule has 0 aliphatic carbocycles. The van der Waals surface area contributed by atoms with Gasteiger partial charge in [0.05, 0.1) is 17.7 Å². The van der Waals surface area contributed by atoms with Crippen LogP contribution >= 0.6 is 15.9 Å². The normalized spacial score (nSPS) is 14.5. The van der Waals surface area contributed by atoms with E-state index in [0.717, 1.165) is 10.2 Å². The first-order chi connectivity index (χ1) is 13.7. The average molecular weight is 470 g/mol. The number of halogens is 1. The number of nitrogens with zero attached hydrogens (tertiary/aromatic N) is 2. The zero-order valence-electron chi connectivity index (χ0n) is 17.8. The van der Waals surface area contributed by atoms with Gasteiger partial charge in [-0.3, -0.25) is 0 Å². The maximum absolute atomic E-state index is 12.3. The van der Waals surface area contributed by atoms with E-state index in [1.54, 1.807) is 16.7 Å². The number of piperazine rings is 1. The van der Waals surface area contributed by atoms with E-state index in [4.69, 9.17) is 9.47 Å². The Hall–Kier alpha value is -1.96. The number of ether oxygens (including phenoxy) is 2. The van der Waals surface area contributed by atoms with Crippen molar-refractivity contribution in [3.05, 3.63) is 28.2 Å². The first-order valence-corrected chi connectivity index (χ1v) is 10.9. The molecule has 0 aromatic heterocycles. The molecule has 162 valence electrons. The molecule has 1 aliphatic heterocycles. The molecule has 0 bridgehead atoms. The van der Waals surface area contributed by atoms with Crippen molar-refractivity contribution >= 4 is 28.1 Å². The van der Waals surface area contributed by atoms with Crippen molar-refractivity contribution in [2.24, 2.45) is 0 Å². The molecule has 0 radical (unpaired) electrons. The van der Waals surface area contributed by atoms with Crippen molar-refractivity contribution in [1.29, 1.82) is 0 Å². The molecule has 2 rings (SSSR count). The molecule has 1 aromatic carbocycles. The molecule has 29 heavy (non-hydrogen) atoms. The lowest BCUT2D eigenvalue weighted by Gasteiger charge is -2.34. The summed E-state index contributed by atoms with van der Waals surface area (Å²) in [6, 6.07) is 6.04. The Morgan fingerprint density at radius 2 is 1.79 bits per heavy atom. The number of hydrogen-bond acceptors (Lipinski definition) is 4. The maximum atomic E-state index is 12.3. The Labute approximate surface area is 181 Å². The van der Waals surface area contributed by atoms with Crippen molar-refractivity contribution in [3.8, 4) is 5.75 Å². The van der Waals surface area contributed by atoms with Gasteiger partial charge in [-0.1, -0.05) is 26.8 Å². The van der Waals surface area contributed by atoms with Crippen molar-refractivity contribution in [3.63, 3.8) is 0 Å². The second-order valence-corrected chi connectivity index (χ2v) is 8.86. The number of benzene rings is 1. The van der Waals surface area contributed by atoms with Gasteiger partial charge in [-0.05, 0) is 52.4 Å². The molecular weight excluding hydrogens is 438 g/mol. The monoisotopic (exact) mass is 469 g/mol. The molecule has 1 N–H and O–H groups in total. The summed E-state index contributed by atoms with van der Waals surface area (Å²) in [5, 5.41) is 2.91. The highest BCUT2D eigenvalue weighted by atomic mass is 79.9. The van der Waals surface area contributed by atoms with Crippen LogP contribution in [-0.2, 0) is 10.2 Å². The molecule has 8 heteroatoms. The van der Waals surface area contributed by atoms with Crippen molar-refractivity contribution < 1.29 is 19.1 Å². The summed E-state index contributed by atoms with van der Waals surface area (Å²) < 4.78 is 11.8. The van der Waals surface area contributed by atoms with E-state index < -0.39 is 0 Å². The van der Waals surface area contributed by atoms with Gasteiger partial charge in [0.1, 0.15) is 5.75 Å². The summed E-state index contributed by atoms with van der Waals surface area (Å²) in [7, 11) is 0. The lowest BCUT2D eigenvalue weighted by molar-refractivity contribution is 0.0851. The fourth-order valence-corrected chi connectivity index (χ4v) is 3.45. The van der Waals surface area contributed by atoms with Crippen LogP contribution in [0.15, 0.2) is 22.7 Å². The maximum Gasteiger partial charge on any atom is 0.409 e. The van der Waals surface area contributed by atoms with Crippen molar-refractivity contribution in [2.45, 2.75) is 39.5 Å². The van der Waals surface area contributed by atoms with E-state index in [1.165, 1.54) is 5.56 Å². The van der Waals surface area contributed by atoms with Gasteiger partial charge in [-0.15, -0.1) is 0 Å². The van der Waals surface area contributed by atoms with E-state index in [9.17, 15) is 9.59 Å². The van der Waals surface area contributed by atoms with Gasteiger partial charge in [-0.25, -0.2) is 9.59 Å². The Morgan fingerprint density at radius 3 is 2.38 bits per heavy atom. The largest absolute Gasteiger partial charge is 0.492 e. The SMILES string of the molecule is CCOC(=O)N1CCN(C(=O)NCCCOc2ccc(C(C)(C)C)cc2Br)CC1.